The minimum Gasteiger partial charge on any atom is -0.495 e. The van der Waals surface area contributed by atoms with Gasteiger partial charge in [0.05, 0.1) is 32.3 Å². The van der Waals surface area contributed by atoms with Crippen LogP contribution < -0.4 is 25.3 Å². The van der Waals surface area contributed by atoms with Crippen molar-refractivity contribution in [3.8, 4) is 17.2 Å². The minimum absolute atomic E-state index is 0.397. The molecule has 3 N–H and O–H groups in total. The van der Waals surface area contributed by atoms with E-state index in [0.29, 0.717) is 30.5 Å². The van der Waals surface area contributed by atoms with E-state index in [4.69, 9.17) is 19.9 Å². The SMILES string of the molecule is COc1ccc(CN=C(N)NCCc2cccc(Br)c2OC)cc1OC. The fourth-order valence-electron chi connectivity index (χ4n) is 2.52. The fraction of sp³-hybridized carbons (Fsp3) is 0.316. The van der Waals surface area contributed by atoms with Crippen LogP contribution in [0.15, 0.2) is 45.9 Å². The topological polar surface area (TPSA) is 78.1 Å². The van der Waals surface area contributed by atoms with Crippen molar-refractivity contribution in [3.05, 3.63) is 52.0 Å². The quantitative estimate of drug-likeness (QED) is 0.505. The van der Waals surface area contributed by atoms with Crippen LogP contribution in [0.3, 0.4) is 0 Å². The summed E-state index contributed by atoms with van der Waals surface area (Å²) in [4.78, 5) is 4.36. The molecule has 2 aromatic rings. The molecule has 0 aliphatic rings. The van der Waals surface area contributed by atoms with Crippen LogP contribution in [0.1, 0.15) is 11.1 Å². The average Bonchev–Trinajstić information content (AvgIpc) is 2.66. The summed E-state index contributed by atoms with van der Waals surface area (Å²) >= 11 is 3.49. The van der Waals surface area contributed by atoms with Crippen LogP contribution in [0.5, 0.6) is 17.2 Å². The number of aliphatic imine (C=N–C) groups is 1. The molecule has 0 saturated heterocycles. The largest absolute Gasteiger partial charge is 0.495 e. The van der Waals surface area contributed by atoms with Gasteiger partial charge in [0.1, 0.15) is 5.75 Å². The molecule has 0 aliphatic carbocycles. The van der Waals surface area contributed by atoms with E-state index in [2.05, 4.69) is 26.2 Å². The number of para-hydroxylation sites is 1. The molecule has 0 unspecified atom stereocenters. The second kappa shape index (κ2) is 9.91. The Morgan fingerprint density at radius 1 is 1.08 bits per heavy atom. The predicted molar refractivity (Wildman–Crippen MR) is 107 cm³/mol. The van der Waals surface area contributed by atoms with Gasteiger partial charge in [-0.25, -0.2) is 4.99 Å². The molecule has 7 heteroatoms. The molecule has 2 rings (SSSR count). The van der Waals surface area contributed by atoms with Gasteiger partial charge in [-0.3, -0.25) is 0 Å². The first-order valence-corrected chi connectivity index (χ1v) is 8.94. The van der Waals surface area contributed by atoms with Crippen molar-refractivity contribution < 1.29 is 14.2 Å². The number of hydrogen-bond donors (Lipinski definition) is 2. The molecule has 0 radical (unpaired) electrons. The van der Waals surface area contributed by atoms with Gasteiger partial charge < -0.3 is 25.3 Å². The van der Waals surface area contributed by atoms with Crippen LogP contribution in [0, 0.1) is 0 Å². The summed E-state index contributed by atoms with van der Waals surface area (Å²) in [6, 6.07) is 11.6. The Bertz CT molecular complexity index is 766. The summed E-state index contributed by atoms with van der Waals surface area (Å²) in [6.07, 6.45) is 0.773. The number of guanidine groups is 1. The van der Waals surface area contributed by atoms with Crippen LogP contribution in [0.2, 0.25) is 0 Å². The fourth-order valence-corrected chi connectivity index (χ4v) is 3.08. The third kappa shape index (κ3) is 5.29. The van der Waals surface area contributed by atoms with E-state index in [1.165, 1.54) is 0 Å². The van der Waals surface area contributed by atoms with E-state index < -0.39 is 0 Å². The number of nitrogens with one attached hydrogen (secondary N) is 1. The highest BCUT2D eigenvalue weighted by atomic mass is 79.9. The number of ether oxygens (including phenoxy) is 3. The first-order valence-electron chi connectivity index (χ1n) is 8.15. The van der Waals surface area contributed by atoms with E-state index in [-0.39, 0.29) is 0 Å². The van der Waals surface area contributed by atoms with Gasteiger partial charge in [0, 0.05) is 6.54 Å². The highest BCUT2D eigenvalue weighted by Gasteiger charge is 2.07. The Morgan fingerprint density at radius 2 is 1.85 bits per heavy atom. The third-order valence-electron chi connectivity index (χ3n) is 3.83. The highest BCUT2D eigenvalue weighted by Crippen LogP contribution is 2.29. The van der Waals surface area contributed by atoms with E-state index >= 15 is 0 Å². The molecular weight excluding hydrogens is 398 g/mol. The number of halogens is 1. The summed E-state index contributed by atoms with van der Waals surface area (Å²) in [6.45, 7) is 1.12. The lowest BCUT2D eigenvalue weighted by atomic mass is 10.1. The molecule has 0 spiro atoms. The molecule has 0 bridgehead atoms. The van der Waals surface area contributed by atoms with Gasteiger partial charge in [-0.15, -0.1) is 0 Å². The monoisotopic (exact) mass is 421 g/mol. The van der Waals surface area contributed by atoms with E-state index in [9.17, 15) is 0 Å². The van der Waals surface area contributed by atoms with E-state index in [1.807, 2.05) is 36.4 Å². The molecular formula is C19H24BrN3O3. The summed E-state index contributed by atoms with van der Waals surface area (Å²) in [5.74, 6) is 2.60. The van der Waals surface area contributed by atoms with Gasteiger partial charge in [-0.1, -0.05) is 18.2 Å². The van der Waals surface area contributed by atoms with E-state index in [1.54, 1.807) is 21.3 Å². The molecule has 140 valence electrons. The Morgan fingerprint density at radius 3 is 2.54 bits per heavy atom. The van der Waals surface area contributed by atoms with Crippen molar-refractivity contribution in [2.75, 3.05) is 27.9 Å². The first kappa shape index (κ1) is 19.9. The van der Waals surface area contributed by atoms with Crippen molar-refractivity contribution in [1.29, 1.82) is 0 Å². The Hall–Kier alpha value is -2.41. The Balaban J connectivity index is 1.90. The zero-order valence-corrected chi connectivity index (χ0v) is 16.8. The molecule has 0 aromatic heterocycles. The molecule has 0 aliphatic heterocycles. The lowest BCUT2D eigenvalue weighted by Crippen LogP contribution is -2.33. The Kier molecular flexibility index (Phi) is 7.59. The van der Waals surface area contributed by atoms with Gasteiger partial charge in [0.15, 0.2) is 17.5 Å². The van der Waals surface area contributed by atoms with Gasteiger partial charge in [0.2, 0.25) is 0 Å². The summed E-state index contributed by atoms with van der Waals surface area (Å²) in [5, 5.41) is 3.12. The lowest BCUT2D eigenvalue weighted by molar-refractivity contribution is 0.354. The third-order valence-corrected chi connectivity index (χ3v) is 4.46. The summed E-state index contributed by atoms with van der Waals surface area (Å²) in [5.41, 5.74) is 8.04. The average molecular weight is 422 g/mol. The summed E-state index contributed by atoms with van der Waals surface area (Å²) < 4.78 is 16.9. The number of hydrogen-bond acceptors (Lipinski definition) is 4. The van der Waals surface area contributed by atoms with E-state index in [0.717, 1.165) is 27.8 Å². The van der Waals surface area contributed by atoms with Crippen LogP contribution >= 0.6 is 15.9 Å². The van der Waals surface area contributed by atoms with Crippen molar-refractivity contribution in [1.82, 2.24) is 5.32 Å². The first-order chi connectivity index (χ1) is 12.6. The molecule has 2 aromatic carbocycles. The molecule has 26 heavy (non-hydrogen) atoms. The normalized spacial score (nSPS) is 11.2. The standard InChI is InChI=1S/C19H24BrN3O3/c1-24-16-8-7-13(11-17(16)25-2)12-23-19(21)22-10-9-14-5-4-6-15(20)18(14)26-3/h4-8,11H,9-10,12H2,1-3H3,(H3,21,22,23). The van der Waals surface area contributed by atoms with Gasteiger partial charge in [0.25, 0.3) is 0 Å². The van der Waals surface area contributed by atoms with Gasteiger partial charge >= 0.3 is 0 Å². The van der Waals surface area contributed by atoms with Crippen LogP contribution in [-0.4, -0.2) is 33.8 Å². The van der Waals surface area contributed by atoms with Gasteiger partial charge in [-0.2, -0.15) is 0 Å². The van der Waals surface area contributed by atoms with Crippen LogP contribution in [0.4, 0.5) is 0 Å². The second-order valence-corrected chi connectivity index (χ2v) is 6.35. The van der Waals surface area contributed by atoms with Crippen molar-refractivity contribution in [3.63, 3.8) is 0 Å². The van der Waals surface area contributed by atoms with Crippen LogP contribution in [0.25, 0.3) is 0 Å². The number of nitrogens with zero attached hydrogens (tertiary/aromatic N) is 1. The number of benzene rings is 2. The summed E-state index contributed by atoms with van der Waals surface area (Å²) in [7, 11) is 4.88. The van der Waals surface area contributed by atoms with Crippen molar-refractivity contribution >= 4 is 21.9 Å². The van der Waals surface area contributed by atoms with Crippen molar-refractivity contribution in [2.45, 2.75) is 13.0 Å². The molecule has 0 atom stereocenters. The molecule has 6 nitrogen and oxygen atoms in total. The number of rotatable bonds is 8. The minimum atomic E-state index is 0.397. The zero-order chi connectivity index (χ0) is 18.9. The number of methoxy groups -OCH3 is 3. The molecule has 0 saturated carbocycles. The smallest absolute Gasteiger partial charge is 0.188 e. The maximum absolute atomic E-state index is 5.96. The zero-order valence-electron chi connectivity index (χ0n) is 15.2. The molecule has 0 amide bonds. The molecule has 0 heterocycles. The maximum atomic E-state index is 5.96. The Labute approximate surface area is 162 Å². The molecule has 0 fully saturated rings. The lowest BCUT2D eigenvalue weighted by Gasteiger charge is -2.11. The van der Waals surface area contributed by atoms with Crippen molar-refractivity contribution in [2.24, 2.45) is 10.7 Å². The maximum Gasteiger partial charge on any atom is 0.188 e. The second-order valence-electron chi connectivity index (χ2n) is 5.50. The number of nitrogens with two attached hydrogens (primary N) is 1. The highest BCUT2D eigenvalue weighted by molar-refractivity contribution is 9.10. The van der Waals surface area contributed by atoms with Gasteiger partial charge in [-0.05, 0) is 51.7 Å². The van der Waals surface area contributed by atoms with Crippen LogP contribution in [-0.2, 0) is 13.0 Å². The predicted octanol–water partition coefficient (Wildman–Crippen LogP) is 3.12.